The molecular weight excluding hydrogens is 264 g/mol. The van der Waals surface area contributed by atoms with Crippen molar-refractivity contribution < 1.29 is 9.90 Å². The molecule has 78 valence electrons. The van der Waals surface area contributed by atoms with E-state index in [1.54, 1.807) is 18.3 Å². The lowest BCUT2D eigenvalue weighted by molar-refractivity contribution is -0.143. The van der Waals surface area contributed by atoms with Crippen LogP contribution in [0.3, 0.4) is 0 Å². The fourth-order valence-corrected chi connectivity index (χ4v) is 2.82. The van der Waals surface area contributed by atoms with E-state index in [4.69, 9.17) is 5.11 Å². The van der Waals surface area contributed by atoms with Gasteiger partial charge >= 0.3 is 5.97 Å². The van der Waals surface area contributed by atoms with Crippen molar-refractivity contribution in [3.63, 3.8) is 0 Å². The minimum atomic E-state index is -0.750. The van der Waals surface area contributed by atoms with E-state index in [0.717, 1.165) is 9.35 Å². The Kier molecular flexibility index (Phi) is 3.37. The van der Waals surface area contributed by atoms with E-state index < -0.39 is 5.97 Å². The highest BCUT2D eigenvalue weighted by Gasteiger charge is 2.34. The molecule has 0 aliphatic rings. The standard InChI is InChI=1S/C10H13BrO2S/c1-6(9(12)13)10(2,3)8-4-7(11)5-14-8/h4-6H,1-3H3,(H,12,13). The molecule has 0 saturated carbocycles. The summed E-state index contributed by atoms with van der Waals surface area (Å²) in [5.74, 6) is -1.13. The first-order chi connectivity index (χ1) is 6.35. The lowest BCUT2D eigenvalue weighted by Gasteiger charge is -2.27. The molecule has 0 bridgehead atoms. The van der Waals surface area contributed by atoms with E-state index in [2.05, 4.69) is 15.9 Å². The topological polar surface area (TPSA) is 37.3 Å². The summed E-state index contributed by atoms with van der Waals surface area (Å²) in [7, 11) is 0. The van der Waals surface area contributed by atoms with Crippen LogP contribution in [0, 0.1) is 5.92 Å². The Morgan fingerprint density at radius 3 is 2.57 bits per heavy atom. The number of carboxylic acid groups (broad SMARTS) is 1. The Bertz CT molecular complexity index is 344. The van der Waals surface area contributed by atoms with Crippen LogP contribution in [0.15, 0.2) is 15.9 Å². The van der Waals surface area contributed by atoms with Crippen LogP contribution >= 0.6 is 27.3 Å². The van der Waals surface area contributed by atoms with Crippen molar-refractivity contribution in [2.45, 2.75) is 26.2 Å². The minimum Gasteiger partial charge on any atom is -0.481 e. The first kappa shape index (κ1) is 11.7. The number of hydrogen-bond acceptors (Lipinski definition) is 2. The molecule has 1 N–H and O–H groups in total. The maximum atomic E-state index is 10.9. The van der Waals surface area contributed by atoms with Crippen molar-refractivity contribution in [3.05, 3.63) is 20.8 Å². The first-order valence-corrected chi connectivity index (χ1v) is 6.00. The summed E-state index contributed by atoms with van der Waals surface area (Å²) in [6, 6.07) is 1.99. The second-order valence-electron chi connectivity index (χ2n) is 3.91. The molecule has 1 heterocycles. The van der Waals surface area contributed by atoms with Crippen molar-refractivity contribution in [1.82, 2.24) is 0 Å². The Hall–Kier alpha value is -0.350. The maximum Gasteiger partial charge on any atom is 0.307 e. The molecule has 0 amide bonds. The van der Waals surface area contributed by atoms with E-state index >= 15 is 0 Å². The van der Waals surface area contributed by atoms with Crippen LogP contribution in [-0.2, 0) is 10.2 Å². The third kappa shape index (κ3) is 2.17. The lowest BCUT2D eigenvalue weighted by Crippen LogP contribution is -2.31. The van der Waals surface area contributed by atoms with Gasteiger partial charge in [0.2, 0.25) is 0 Å². The average Bonchev–Trinajstić information content (AvgIpc) is 2.50. The zero-order valence-corrected chi connectivity index (χ0v) is 10.8. The summed E-state index contributed by atoms with van der Waals surface area (Å²) < 4.78 is 1.02. The van der Waals surface area contributed by atoms with Crippen LogP contribution in [0.4, 0.5) is 0 Å². The summed E-state index contributed by atoms with van der Waals surface area (Å²) in [6.07, 6.45) is 0. The molecule has 1 atom stereocenters. The lowest BCUT2D eigenvalue weighted by atomic mass is 9.79. The van der Waals surface area contributed by atoms with Gasteiger partial charge in [0.05, 0.1) is 5.92 Å². The summed E-state index contributed by atoms with van der Waals surface area (Å²) in [4.78, 5) is 12.0. The number of halogens is 1. The summed E-state index contributed by atoms with van der Waals surface area (Å²) in [5.41, 5.74) is -0.317. The van der Waals surface area contributed by atoms with Gasteiger partial charge in [-0.05, 0) is 22.0 Å². The van der Waals surface area contributed by atoms with E-state index in [1.165, 1.54) is 0 Å². The Morgan fingerprint density at radius 2 is 2.21 bits per heavy atom. The minimum absolute atomic E-state index is 0.317. The zero-order valence-electron chi connectivity index (χ0n) is 8.37. The smallest absolute Gasteiger partial charge is 0.307 e. The van der Waals surface area contributed by atoms with Gasteiger partial charge < -0.3 is 5.11 Å². The summed E-state index contributed by atoms with van der Waals surface area (Å²) in [5, 5.41) is 11.0. The molecule has 2 nitrogen and oxygen atoms in total. The highest BCUT2D eigenvalue weighted by atomic mass is 79.9. The van der Waals surface area contributed by atoms with Gasteiger partial charge in [-0.1, -0.05) is 20.8 Å². The van der Waals surface area contributed by atoms with Crippen molar-refractivity contribution in [2.75, 3.05) is 0 Å². The number of thiophene rings is 1. The normalized spacial score (nSPS) is 14.0. The summed E-state index contributed by atoms with van der Waals surface area (Å²) in [6.45, 7) is 5.67. The molecule has 1 rings (SSSR count). The van der Waals surface area contributed by atoms with Gasteiger partial charge in [-0.25, -0.2) is 0 Å². The monoisotopic (exact) mass is 276 g/mol. The number of aliphatic carboxylic acids is 1. The van der Waals surface area contributed by atoms with Gasteiger partial charge in [0.25, 0.3) is 0 Å². The SMILES string of the molecule is CC(C(=O)O)C(C)(C)c1cc(Br)cs1. The van der Waals surface area contributed by atoms with Gasteiger partial charge in [0.1, 0.15) is 0 Å². The molecule has 14 heavy (non-hydrogen) atoms. The van der Waals surface area contributed by atoms with Crippen LogP contribution in [0.5, 0.6) is 0 Å². The maximum absolute atomic E-state index is 10.9. The Balaban J connectivity index is 3.01. The quantitative estimate of drug-likeness (QED) is 0.918. The van der Waals surface area contributed by atoms with E-state index in [9.17, 15) is 4.79 Å². The molecule has 1 aromatic heterocycles. The zero-order chi connectivity index (χ0) is 10.9. The fourth-order valence-electron chi connectivity index (χ4n) is 1.17. The average molecular weight is 277 g/mol. The predicted molar refractivity (Wildman–Crippen MR) is 61.8 cm³/mol. The molecule has 0 spiro atoms. The van der Waals surface area contributed by atoms with Crippen LogP contribution in [0.1, 0.15) is 25.6 Å². The Labute approximate surface area is 96.1 Å². The molecule has 0 aliphatic heterocycles. The fraction of sp³-hybridized carbons (Fsp3) is 0.500. The molecule has 4 heteroatoms. The third-order valence-corrected chi connectivity index (χ3v) is 4.69. The van der Waals surface area contributed by atoms with Crippen LogP contribution < -0.4 is 0 Å². The largest absolute Gasteiger partial charge is 0.481 e. The molecule has 0 saturated heterocycles. The van der Waals surface area contributed by atoms with Gasteiger partial charge in [0.15, 0.2) is 0 Å². The van der Waals surface area contributed by atoms with Crippen LogP contribution in [0.2, 0.25) is 0 Å². The third-order valence-electron chi connectivity index (χ3n) is 2.66. The molecule has 1 aromatic rings. The molecule has 0 aromatic carbocycles. The Morgan fingerprint density at radius 1 is 1.64 bits per heavy atom. The second-order valence-corrected chi connectivity index (χ2v) is 5.74. The second kappa shape index (κ2) is 4.03. The van der Waals surface area contributed by atoms with Crippen LogP contribution in [-0.4, -0.2) is 11.1 Å². The molecule has 0 radical (unpaired) electrons. The molecule has 0 fully saturated rings. The predicted octanol–water partition coefficient (Wildman–Crippen LogP) is 3.51. The number of carboxylic acids is 1. The van der Waals surface area contributed by atoms with Crippen molar-refractivity contribution in [3.8, 4) is 0 Å². The van der Waals surface area contributed by atoms with E-state index in [-0.39, 0.29) is 11.3 Å². The van der Waals surface area contributed by atoms with E-state index in [1.807, 2.05) is 25.3 Å². The number of hydrogen-bond donors (Lipinski definition) is 1. The van der Waals surface area contributed by atoms with E-state index in [0.29, 0.717) is 0 Å². The first-order valence-electron chi connectivity index (χ1n) is 4.33. The van der Waals surface area contributed by atoms with Crippen molar-refractivity contribution >= 4 is 33.2 Å². The van der Waals surface area contributed by atoms with Gasteiger partial charge in [-0.15, -0.1) is 11.3 Å². The highest BCUT2D eigenvalue weighted by molar-refractivity contribution is 9.10. The number of carbonyl (C=O) groups is 1. The van der Waals surface area contributed by atoms with Crippen LogP contribution in [0.25, 0.3) is 0 Å². The summed E-state index contributed by atoms with van der Waals surface area (Å²) >= 11 is 4.97. The van der Waals surface area contributed by atoms with Gasteiger partial charge in [0, 0.05) is 20.1 Å². The van der Waals surface area contributed by atoms with Gasteiger partial charge in [-0.3, -0.25) is 4.79 Å². The highest BCUT2D eigenvalue weighted by Crippen LogP contribution is 2.37. The van der Waals surface area contributed by atoms with Gasteiger partial charge in [-0.2, -0.15) is 0 Å². The molecular formula is C10H13BrO2S. The number of rotatable bonds is 3. The molecule has 0 aliphatic carbocycles. The van der Waals surface area contributed by atoms with Crippen molar-refractivity contribution in [2.24, 2.45) is 5.92 Å². The molecule has 1 unspecified atom stereocenters. The van der Waals surface area contributed by atoms with Crippen molar-refractivity contribution in [1.29, 1.82) is 0 Å².